The molecule has 0 aromatic heterocycles. The Morgan fingerprint density at radius 1 is 0.657 bits per heavy atom. The van der Waals surface area contributed by atoms with Gasteiger partial charge in [0.2, 0.25) is 11.8 Å². The third kappa shape index (κ3) is 3.48. The first kappa shape index (κ1) is 22.7. The van der Waals surface area contributed by atoms with Crippen LogP contribution in [0.1, 0.15) is 44.7 Å². The average Bonchev–Trinajstić information content (AvgIpc) is 2.90. The van der Waals surface area contributed by atoms with E-state index in [0.717, 1.165) is 12.0 Å². The van der Waals surface area contributed by atoms with Crippen LogP contribution in [0.2, 0.25) is 0 Å². The van der Waals surface area contributed by atoms with Crippen LogP contribution < -0.4 is 9.80 Å². The molecule has 6 heteroatoms. The van der Waals surface area contributed by atoms with E-state index >= 15 is 0 Å². The highest BCUT2D eigenvalue weighted by atomic mass is 16.2. The SMILES string of the molecule is CCc1ccc(C([C@@H]2C(=O)c3ccccc3N(C)C2=O)[C@H]2C(=O)c3ccccc3N(C)C2=O)cc1. The third-order valence-electron chi connectivity index (χ3n) is 7.31. The average molecular weight is 467 g/mol. The van der Waals surface area contributed by atoms with E-state index in [-0.39, 0.29) is 11.6 Å². The Morgan fingerprint density at radius 3 is 1.51 bits per heavy atom. The van der Waals surface area contributed by atoms with Gasteiger partial charge in [0.15, 0.2) is 11.6 Å². The number of rotatable bonds is 4. The second-order valence-corrected chi connectivity index (χ2v) is 9.13. The molecule has 0 radical (unpaired) electrons. The van der Waals surface area contributed by atoms with Gasteiger partial charge in [-0.2, -0.15) is 0 Å². The number of para-hydroxylation sites is 2. The predicted molar refractivity (Wildman–Crippen MR) is 134 cm³/mol. The first-order valence-corrected chi connectivity index (χ1v) is 11.8. The van der Waals surface area contributed by atoms with Crippen molar-refractivity contribution in [3.05, 3.63) is 95.1 Å². The molecule has 0 spiro atoms. The zero-order valence-electron chi connectivity index (χ0n) is 19.9. The number of anilines is 2. The standard InChI is InChI=1S/C29H26N2O4/c1-4-17-13-15-18(16-14-17)23(24-26(32)19-9-5-7-11-21(19)30(2)28(24)34)25-27(33)20-10-6-8-12-22(20)31(3)29(25)35/h5-16,23-25H,4H2,1-3H3/t23?,24-,25+. The van der Waals surface area contributed by atoms with E-state index in [1.807, 2.05) is 31.2 Å². The van der Waals surface area contributed by atoms with Gasteiger partial charge >= 0.3 is 0 Å². The molecule has 0 saturated heterocycles. The number of ketones is 2. The monoisotopic (exact) mass is 466 g/mol. The molecular weight excluding hydrogens is 440 g/mol. The highest BCUT2D eigenvalue weighted by molar-refractivity contribution is 6.25. The molecule has 5 rings (SSSR count). The van der Waals surface area contributed by atoms with Gasteiger partial charge in [-0.1, -0.05) is 55.5 Å². The number of carbonyl (C=O) groups excluding carboxylic acids is 4. The van der Waals surface area contributed by atoms with Gasteiger partial charge in [-0.15, -0.1) is 0 Å². The summed E-state index contributed by atoms with van der Waals surface area (Å²) in [5.74, 6) is -4.89. The number of amides is 2. The van der Waals surface area contributed by atoms with Gasteiger partial charge in [-0.3, -0.25) is 19.2 Å². The van der Waals surface area contributed by atoms with Gasteiger partial charge in [0.25, 0.3) is 0 Å². The molecule has 176 valence electrons. The minimum Gasteiger partial charge on any atom is -0.314 e. The molecule has 2 amide bonds. The first-order chi connectivity index (χ1) is 16.8. The van der Waals surface area contributed by atoms with Crippen LogP contribution >= 0.6 is 0 Å². The summed E-state index contributed by atoms with van der Waals surface area (Å²) in [6.45, 7) is 2.03. The van der Waals surface area contributed by atoms with Gasteiger partial charge in [0.05, 0.1) is 11.4 Å². The minimum atomic E-state index is -1.20. The van der Waals surface area contributed by atoms with Gasteiger partial charge in [-0.05, 0) is 41.8 Å². The van der Waals surface area contributed by atoms with Crippen LogP contribution in [0.25, 0.3) is 0 Å². The molecule has 2 heterocycles. The van der Waals surface area contributed by atoms with E-state index in [9.17, 15) is 19.2 Å². The Morgan fingerprint density at radius 2 is 1.09 bits per heavy atom. The lowest BCUT2D eigenvalue weighted by Gasteiger charge is -2.40. The number of fused-ring (bicyclic) bond motifs is 2. The summed E-state index contributed by atoms with van der Waals surface area (Å²) in [6, 6.07) is 21.4. The maximum atomic E-state index is 13.8. The second kappa shape index (κ2) is 8.62. The molecule has 3 atom stereocenters. The summed E-state index contributed by atoms with van der Waals surface area (Å²) in [6.07, 6.45) is 0.819. The number of carbonyl (C=O) groups is 4. The third-order valence-corrected chi connectivity index (χ3v) is 7.31. The van der Waals surface area contributed by atoms with E-state index in [1.54, 1.807) is 62.6 Å². The van der Waals surface area contributed by atoms with E-state index in [1.165, 1.54) is 9.80 Å². The van der Waals surface area contributed by atoms with Gasteiger partial charge in [0.1, 0.15) is 11.8 Å². The number of hydrogen-bond acceptors (Lipinski definition) is 4. The topological polar surface area (TPSA) is 74.8 Å². The van der Waals surface area contributed by atoms with Gasteiger partial charge < -0.3 is 9.80 Å². The number of aryl methyl sites for hydroxylation is 1. The van der Waals surface area contributed by atoms with Crippen molar-refractivity contribution in [1.82, 2.24) is 0 Å². The molecule has 3 aromatic carbocycles. The van der Waals surface area contributed by atoms with Crippen molar-refractivity contribution in [2.75, 3.05) is 23.9 Å². The van der Waals surface area contributed by atoms with E-state index in [0.29, 0.717) is 28.1 Å². The maximum absolute atomic E-state index is 13.8. The van der Waals surface area contributed by atoms with Crippen molar-refractivity contribution >= 4 is 34.8 Å². The van der Waals surface area contributed by atoms with E-state index in [4.69, 9.17) is 0 Å². The normalized spacial score (nSPS) is 20.5. The lowest BCUT2D eigenvalue weighted by Crippen LogP contribution is -2.52. The number of benzene rings is 3. The highest BCUT2D eigenvalue weighted by Gasteiger charge is 2.52. The van der Waals surface area contributed by atoms with Crippen LogP contribution in [0.4, 0.5) is 11.4 Å². The summed E-state index contributed by atoms with van der Waals surface area (Å²) in [7, 11) is 3.26. The molecule has 0 N–H and O–H groups in total. The number of hydrogen-bond donors (Lipinski definition) is 0. The molecule has 6 nitrogen and oxygen atoms in total. The second-order valence-electron chi connectivity index (χ2n) is 9.13. The van der Waals surface area contributed by atoms with Crippen molar-refractivity contribution in [1.29, 1.82) is 0 Å². The Bertz CT molecular complexity index is 1280. The summed E-state index contributed by atoms with van der Waals surface area (Å²) in [5.41, 5.74) is 3.60. The summed E-state index contributed by atoms with van der Waals surface area (Å²) >= 11 is 0. The molecular formula is C29H26N2O4. The van der Waals surface area contributed by atoms with Crippen molar-refractivity contribution in [2.24, 2.45) is 11.8 Å². The van der Waals surface area contributed by atoms with E-state index in [2.05, 4.69) is 0 Å². The van der Waals surface area contributed by atoms with Crippen molar-refractivity contribution < 1.29 is 19.2 Å². The molecule has 0 aliphatic carbocycles. The van der Waals surface area contributed by atoms with Gasteiger partial charge in [-0.25, -0.2) is 0 Å². The molecule has 35 heavy (non-hydrogen) atoms. The number of Topliss-reactive ketones (excluding diaryl/α,β-unsaturated/α-hetero) is 2. The molecule has 0 fully saturated rings. The Kier molecular flexibility index (Phi) is 5.59. The first-order valence-electron chi connectivity index (χ1n) is 11.8. The fourth-order valence-electron chi connectivity index (χ4n) is 5.35. The largest absolute Gasteiger partial charge is 0.314 e. The minimum absolute atomic E-state index is 0.365. The summed E-state index contributed by atoms with van der Waals surface area (Å²) in [5, 5.41) is 0. The fourth-order valence-corrected chi connectivity index (χ4v) is 5.35. The van der Waals surface area contributed by atoms with Crippen molar-refractivity contribution in [2.45, 2.75) is 19.3 Å². The summed E-state index contributed by atoms with van der Waals surface area (Å²) in [4.78, 5) is 57.9. The predicted octanol–water partition coefficient (Wildman–Crippen LogP) is 4.28. The number of nitrogens with zero attached hydrogens (tertiary/aromatic N) is 2. The lowest BCUT2D eigenvalue weighted by atomic mass is 9.68. The van der Waals surface area contributed by atoms with Crippen LogP contribution in [0.5, 0.6) is 0 Å². The fraction of sp³-hybridized carbons (Fsp3) is 0.241. The van der Waals surface area contributed by atoms with Crippen molar-refractivity contribution in [3.63, 3.8) is 0 Å². The molecule has 2 aliphatic heterocycles. The van der Waals surface area contributed by atoms with Crippen LogP contribution in [0.15, 0.2) is 72.8 Å². The van der Waals surface area contributed by atoms with Crippen LogP contribution in [-0.4, -0.2) is 37.5 Å². The molecule has 2 aliphatic rings. The molecule has 1 unspecified atom stereocenters. The van der Waals surface area contributed by atoms with E-state index < -0.39 is 29.6 Å². The molecule has 0 saturated carbocycles. The Balaban J connectivity index is 1.71. The highest BCUT2D eigenvalue weighted by Crippen LogP contribution is 2.45. The smallest absolute Gasteiger partial charge is 0.238 e. The zero-order valence-corrected chi connectivity index (χ0v) is 19.9. The van der Waals surface area contributed by atoms with Crippen LogP contribution in [0, 0.1) is 11.8 Å². The van der Waals surface area contributed by atoms with Crippen molar-refractivity contribution in [3.8, 4) is 0 Å². The lowest BCUT2D eigenvalue weighted by molar-refractivity contribution is -0.124. The van der Waals surface area contributed by atoms with Crippen LogP contribution in [-0.2, 0) is 16.0 Å². The summed E-state index contributed by atoms with van der Waals surface area (Å²) < 4.78 is 0. The van der Waals surface area contributed by atoms with Gasteiger partial charge in [0, 0.05) is 31.1 Å². The maximum Gasteiger partial charge on any atom is 0.238 e. The quantitative estimate of drug-likeness (QED) is 0.538. The zero-order chi connectivity index (χ0) is 24.9. The Labute approximate surface area is 204 Å². The Hall–Kier alpha value is -4.06. The molecule has 3 aromatic rings. The van der Waals surface area contributed by atoms with Crippen LogP contribution in [0.3, 0.4) is 0 Å². The molecule has 0 bridgehead atoms.